The van der Waals surface area contributed by atoms with Gasteiger partial charge in [-0.25, -0.2) is 0 Å². The number of hydrogen-bond acceptors (Lipinski definition) is 6. The molecule has 1 aromatic heterocycles. The molecule has 2 heterocycles. The van der Waals surface area contributed by atoms with Crippen LogP contribution in [0.4, 0.5) is 11.4 Å². The summed E-state index contributed by atoms with van der Waals surface area (Å²) in [4.78, 5) is 24.8. The summed E-state index contributed by atoms with van der Waals surface area (Å²) in [6.07, 6.45) is 3.15. The van der Waals surface area contributed by atoms with Crippen molar-refractivity contribution in [3.8, 4) is 0 Å². The zero-order valence-electron chi connectivity index (χ0n) is 11.9. The van der Waals surface area contributed by atoms with E-state index in [-0.39, 0.29) is 11.6 Å². The van der Waals surface area contributed by atoms with Gasteiger partial charge in [-0.2, -0.15) is 0 Å². The maximum absolute atomic E-state index is 12.6. The molecule has 1 fully saturated rings. The van der Waals surface area contributed by atoms with Crippen LogP contribution in [0.25, 0.3) is 6.08 Å². The van der Waals surface area contributed by atoms with E-state index in [4.69, 9.17) is 16.6 Å². The lowest BCUT2D eigenvalue weighted by atomic mass is 10.1. The highest BCUT2D eigenvalue weighted by Gasteiger charge is 2.34. The van der Waals surface area contributed by atoms with Gasteiger partial charge in [-0.15, -0.1) is 0 Å². The van der Waals surface area contributed by atoms with Crippen molar-refractivity contribution in [1.29, 1.82) is 0 Å². The number of aryl methyl sites for hydroxylation is 1. The minimum absolute atomic E-state index is 0.0252. The summed E-state index contributed by atoms with van der Waals surface area (Å²) in [6, 6.07) is 7.78. The molecule has 1 aliphatic rings. The first-order valence-electron chi connectivity index (χ1n) is 6.54. The van der Waals surface area contributed by atoms with Gasteiger partial charge < -0.3 is 4.42 Å². The Bertz CT molecular complexity index is 843. The number of carbonyl (C=O) groups excluding carboxylic acids is 1. The Balaban J connectivity index is 1.96. The Hall–Kier alpha value is -2.45. The second-order valence-electron chi connectivity index (χ2n) is 4.76. The maximum Gasteiger partial charge on any atom is 0.270 e. The summed E-state index contributed by atoms with van der Waals surface area (Å²) in [7, 11) is 0. The van der Waals surface area contributed by atoms with Crippen LogP contribution in [-0.4, -0.2) is 15.2 Å². The molecule has 6 nitrogen and oxygen atoms in total. The van der Waals surface area contributed by atoms with Crippen molar-refractivity contribution in [3.05, 3.63) is 62.9 Å². The zero-order chi connectivity index (χ0) is 16.6. The van der Waals surface area contributed by atoms with Crippen LogP contribution < -0.4 is 4.90 Å². The Morgan fingerprint density at radius 3 is 2.78 bits per heavy atom. The van der Waals surface area contributed by atoms with Gasteiger partial charge in [0.1, 0.15) is 5.76 Å². The number of furan rings is 1. The van der Waals surface area contributed by atoms with Crippen LogP contribution in [-0.2, 0) is 4.79 Å². The van der Waals surface area contributed by atoms with Crippen LogP contribution in [0.5, 0.6) is 0 Å². The van der Waals surface area contributed by atoms with Crippen molar-refractivity contribution < 1.29 is 14.1 Å². The molecule has 1 amide bonds. The van der Waals surface area contributed by atoms with Crippen LogP contribution in [0.2, 0.25) is 0 Å². The molecular weight excluding hydrogens is 336 g/mol. The number of nitro groups is 1. The molecule has 0 unspecified atom stereocenters. The highest BCUT2D eigenvalue weighted by molar-refractivity contribution is 8.27. The fourth-order valence-corrected chi connectivity index (χ4v) is 3.45. The molecule has 2 aromatic rings. The van der Waals surface area contributed by atoms with E-state index < -0.39 is 4.92 Å². The quantitative estimate of drug-likeness (QED) is 0.363. The number of benzene rings is 1. The normalized spacial score (nSPS) is 16.4. The van der Waals surface area contributed by atoms with Crippen LogP contribution in [0.3, 0.4) is 0 Å². The van der Waals surface area contributed by atoms with Crippen molar-refractivity contribution in [2.45, 2.75) is 6.92 Å². The van der Waals surface area contributed by atoms with Crippen LogP contribution in [0.1, 0.15) is 11.3 Å². The lowest BCUT2D eigenvalue weighted by Crippen LogP contribution is -2.28. The molecular formula is C15H10N2O4S2. The van der Waals surface area contributed by atoms with E-state index >= 15 is 0 Å². The summed E-state index contributed by atoms with van der Waals surface area (Å²) in [5, 5.41) is 10.8. The van der Waals surface area contributed by atoms with Gasteiger partial charge in [0.05, 0.1) is 21.8 Å². The van der Waals surface area contributed by atoms with E-state index in [9.17, 15) is 14.9 Å². The lowest BCUT2D eigenvalue weighted by Gasteiger charge is -2.16. The molecule has 3 rings (SSSR count). The van der Waals surface area contributed by atoms with E-state index in [2.05, 4.69) is 0 Å². The number of amides is 1. The summed E-state index contributed by atoms with van der Waals surface area (Å²) in [5.74, 6) is 0.291. The minimum Gasteiger partial charge on any atom is -0.465 e. The molecule has 116 valence electrons. The predicted octanol–water partition coefficient (Wildman–Crippen LogP) is 3.90. The Labute approximate surface area is 140 Å². The fourth-order valence-electron chi connectivity index (χ4n) is 2.18. The first-order chi connectivity index (χ1) is 11.0. The summed E-state index contributed by atoms with van der Waals surface area (Å²) < 4.78 is 5.59. The smallest absolute Gasteiger partial charge is 0.270 e. The zero-order valence-corrected chi connectivity index (χ0v) is 13.5. The van der Waals surface area contributed by atoms with Crippen molar-refractivity contribution in [2.75, 3.05) is 4.90 Å². The lowest BCUT2D eigenvalue weighted by molar-refractivity contribution is -0.384. The third-order valence-corrected chi connectivity index (χ3v) is 4.54. The van der Waals surface area contributed by atoms with E-state index in [0.717, 1.165) is 0 Å². The molecule has 0 saturated carbocycles. The number of anilines is 1. The minimum atomic E-state index is -0.474. The number of carbonyl (C=O) groups is 1. The molecule has 8 heteroatoms. The van der Waals surface area contributed by atoms with E-state index in [0.29, 0.717) is 26.2 Å². The largest absolute Gasteiger partial charge is 0.465 e. The van der Waals surface area contributed by atoms with Crippen LogP contribution >= 0.6 is 24.0 Å². The van der Waals surface area contributed by atoms with Gasteiger partial charge >= 0.3 is 0 Å². The van der Waals surface area contributed by atoms with Gasteiger partial charge in [-0.05, 0) is 30.7 Å². The summed E-state index contributed by atoms with van der Waals surface area (Å²) in [5.41, 5.74) is 1.12. The van der Waals surface area contributed by atoms with E-state index in [1.165, 1.54) is 41.1 Å². The molecule has 0 spiro atoms. The van der Waals surface area contributed by atoms with Gasteiger partial charge in [0, 0.05) is 18.2 Å². The van der Waals surface area contributed by atoms with Crippen molar-refractivity contribution in [2.24, 2.45) is 0 Å². The van der Waals surface area contributed by atoms with Crippen LogP contribution in [0.15, 0.2) is 45.9 Å². The monoisotopic (exact) mass is 346 g/mol. The summed E-state index contributed by atoms with van der Waals surface area (Å²) >= 11 is 6.45. The summed E-state index contributed by atoms with van der Waals surface area (Å²) in [6.45, 7) is 1.71. The van der Waals surface area contributed by atoms with Crippen molar-refractivity contribution >= 4 is 51.7 Å². The SMILES string of the molecule is Cc1cc([N+](=O)[O-])ccc1N1C(=O)/C(=C/c2ccco2)SC1=S. The topological polar surface area (TPSA) is 76.6 Å². The van der Waals surface area contributed by atoms with Gasteiger partial charge in [0.15, 0.2) is 4.32 Å². The average Bonchev–Trinajstić information content (AvgIpc) is 3.09. The molecule has 0 atom stereocenters. The average molecular weight is 346 g/mol. The van der Waals surface area contributed by atoms with Crippen molar-refractivity contribution in [1.82, 2.24) is 0 Å². The first-order valence-corrected chi connectivity index (χ1v) is 7.76. The van der Waals surface area contributed by atoms with Gasteiger partial charge in [-0.3, -0.25) is 19.8 Å². The third-order valence-electron chi connectivity index (χ3n) is 3.24. The van der Waals surface area contributed by atoms with Gasteiger partial charge in [0.2, 0.25) is 0 Å². The number of nitro benzene ring substituents is 1. The van der Waals surface area contributed by atoms with E-state index in [1.807, 2.05) is 0 Å². The number of nitrogens with zero attached hydrogens (tertiary/aromatic N) is 2. The van der Waals surface area contributed by atoms with Crippen molar-refractivity contribution in [3.63, 3.8) is 0 Å². The van der Waals surface area contributed by atoms with Crippen LogP contribution in [0, 0.1) is 17.0 Å². The maximum atomic E-state index is 12.6. The highest BCUT2D eigenvalue weighted by atomic mass is 32.2. The Morgan fingerprint density at radius 2 is 2.17 bits per heavy atom. The fraction of sp³-hybridized carbons (Fsp3) is 0.0667. The number of thioether (sulfide) groups is 1. The van der Waals surface area contributed by atoms with Gasteiger partial charge in [0.25, 0.3) is 11.6 Å². The Morgan fingerprint density at radius 1 is 1.39 bits per heavy atom. The highest BCUT2D eigenvalue weighted by Crippen LogP contribution is 2.38. The molecule has 0 aliphatic carbocycles. The van der Waals surface area contributed by atoms with Gasteiger partial charge in [-0.1, -0.05) is 24.0 Å². The number of hydrogen-bond donors (Lipinski definition) is 0. The second-order valence-corrected chi connectivity index (χ2v) is 6.44. The number of rotatable bonds is 3. The Kier molecular flexibility index (Phi) is 4.01. The molecule has 0 bridgehead atoms. The first kappa shape index (κ1) is 15.4. The molecule has 1 aromatic carbocycles. The number of non-ortho nitro benzene ring substituents is 1. The number of thiocarbonyl (C=S) groups is 1. The molecule has 0 radical (unpaired) electrons. The molecule has 23 heavy (non-hydrogen) atoms. The van der Waals surface area contributed by atoms with E-state index in [1.54, 1.807) is 25.1 Å². The predicted molar refractivity (Wildman–Crippen MR) is 92.2 cm³/mol. The molecule has 1 saturated heterocycles. The third kappa shape index (κ3) is 2.90. The second kappa shape index (κ2) is 5.98. The molecule has 0 N–H and O–H groups in total. The standard InChI is InChI=1S/C15H10N2O4S2/c1-9-7-10(17(19)20)4-5-12(9)16-14(18)13(23-15(16)22)8-11-3-2-6-21-11/h2-8H,1H3/b13-8-. The molecule has 1 aliphatic heterocycles.